The van der Waals surface area contributed by atoms with Crippen molar-refractivity contribution in [1.82, 2.24) is 29.7 Å². The molecule has 0 saturated carbocycles. The molecule has 2 atom stereocenters. The molecule has 4 heterocycles. The molecule has 13 nitrogen and oxygen atoms in total. The summed E-state index contributed by atoms with van der Waals surface area (Å²) in [5, 5.41) is 13.1. The lowest BCUT2D eigenvalue weighted by molar-refractivity contribution is -0.142. The average molecular weight is 572 g/mol. The van der Waals surface area contributed by atoms with Crippen LogP contribution in [0.2, 0.25) is 0 Å². The molecule has 3 amide bonds. The predicted molar refractivity (Wildman–Crippen MR) is 149 cm³/mol. The number of piperidine rings is 1. The fourth-order valence-electron chi connectivity index (χ4n) is 5.16. The van der Waals surface area contributed by atoms with E-state index in [4.69, 9.17) is 14.1 Å². The molecule has 0 aromatic carbocycles. The van der Waals surface area contributed by atoms with Crippen LogP contribution in [0.15, 0.2) is 23.1 Å². The summed E-state index contributed by atoms with van der Waals surface area (Å²) in [6, 6.07) is -0.508. The summed E-state index contributed by atoms with van der Waals surface area (Å²) in [6.07, 6.45) is 3.78. The molecular formula is C28H41N7O6. The Kier molecular flexibility index (Phi) is 9.46. The number of anilines is 1. The van der Waals surface area contributed by atoms with E-state index in [0.717, 1.165) is 0 Å². The molecule has 2 aromatic rings. The minimum atomic E-state index is -1.11. The number of nitrogens with zero attached hydrogens (tertiary/aromatic N) is 6. The van der Waals surface area contributed by atoms with Crippen LogP contribution in [-0.2, 0) is 21.5 Å². The Balaban J connectivity index is 1.66. The Morgan fingerprint density at radius 1 is 1.15 bits per heavy atom. The maximum atomic E-state index is 14.3. The van der Waals surface area contributed by atoms with Gasteiger partial charge in [0.1, 0.15) is 23.5 Å². The number of carbonyl (C=O) groups is 3. The van der Waals surface area contributed by atoms with Crippen molar-refractivity contribution >= 4 is 23.7 Å². The lowest BCUT2D eigenvalue weighted by Gasteiger charge is -2.43. The highest BCUT2D eigenvalue weighted by atomic mass is 16.5. The number of hydrogen-bond acceptors (Lipinski definition) is 9. The number of carboxylic acid groups (broad SMARTS) is 1. The maximum Gasteiger partial charge on any atom is 0.407 e. The summed E-state index contributed by atoms with van der Waals surface area (Å²) in [4.78, 5) is 57.9. The zero-order valence-corrected chi connectivity index (χ0v) is 24.5. The molecule has 224 valence electrons. The van der Waals surface area contributed by atoms with Gasteiger partial charge < -0.3 is 34.3 Å². The van der Waals surface area contributed by atoms with E-state index in [2.05, 4.69) is 15.3 Å². The van der Waals surface area contributed by atoms with Crippen LogP contribution in [0.3, 0.4) is 0 Å². The quantitative estimate of drug-likeness (QED) is 0.483. The van der Waals surface area contributed by atoms with Crippen molar-refractivity contribution in [3.05, 3.63) is 35.9 Å². The van der Waals surface area contributed by atoms with E-state index in [1.54, 1.807) is 16.0 Å². The second kappa shape index (κ2) is 12.8. The SMILES string of the molecule is CC(C)CN(C(=O)c1cnc(C(C)(C)C)nc1NCc1ncco1)[C@H]1C[C@@H](C(=O)N2CCOCC2)CN(C(=O)O)C1. The number of hydrogen-bond donors (Lipinski definition) is 2. The Bertz CT molecular complexity index is 1210. The molecule has 0 aliphatic carbocycles. The summed E-state index contributed by atoms with van der Waals surface area (Å²) < 4.78 is 10.7. The van der Waals surface area contributed by atoms with Gasteiger partial charge in [-0.05, 0) is 12.3 Å². The molecule has 4 rings (SSSR count). The van der Waals surface area contributed by atoms with E-state index in [0.29, 0.717) is 56.8 Å². The molecule has 0 radical (unpaired) electrons. The second-order valence-corrected chi connectivity index (χ2v) is 12.0. The van der Waals surface area contributed by atoms with Gasteiger partial charge in [0.15, 0.2) is 0 Å². The molecule has 0 spiro atoms. The Morgan fingerprint density at radius 2 is 1.88 bits per heavy atom. The number of aromatic nitrogens is 3. The summed E-state index contributed by atoms with van der Waals surface area (Å²) >= 11 is 0. The predicted octanol–water partition coefficient (Wildman–Crippen LogP) is 2.70. The number of carbonyl (C=O) groups excluding carboxylic acids is 2. The smallest absolute Gasteiger partial charge is 0.407 e. The lowest BCUT2D eigenvalue weighted by atomic mass is 9.91. The van der Waals surface area contributed by atoms with Gasteiger partial charge in [0.2, 0.25) is 11.8 Å². The molecule has 2 aromatic heterocycles. The van der Waals surface area contributed by atoms with Crippen LogP contribution < -0.4 is 5.32 Å². The Morgan fingerprint density at radius 3 is 2.49 bits per heavy atom. The molecule has 2 aliphatic heterocycles. The van der Waals surface area contributed by atoms with Crippen LogP contribution in [0.5, 0.6) is 0 Å². The van der Waals surface area contributed by atoms with Crippen LogP contribution in [0.4, 0.5) is 10.6 Å². The molecule has 2 aliphatic rings. The first-order chi connectivity index (χ1) is 19.4. The normalized spacial score (nSPS) is 19.8. The van der Waals surface area contributed by atoms with E-state index in [9.17, 15) is 19.5 Å². The molecule has 2 N–H and O–H groups in total. The van der Waals surface area contributed by atoms with Crippen molar-refractivity contribution < 1.29 is 28.6 Å². The van der Waals surface area contributed by atoms with Gasteiger partial charge in [0.05, 0.1) is 37.9 Å². The minimum absolute atomic E-state index is 0.0889. The number of ether oxygens (including phenoxy) is 1. The molecule has 41 heavy (non-hydrogen) atoms. The van der Waals surface area contributed by atoms with Crippen molar-refractivity contribution in [3.63, 3.8) is 0 Å². The maximum absolute atomic E-state index is 14.3. The number of oxazole rings is 1. The largest absolute Gasteiger partial charge is 0.465 e. The van der Waals surface area contributed by atoms with Gasteiger partial charge in [-0.3, -0.25) is 9.59 Å². The van der Waals surface area contributed by atoms with Gasteiger partial charge in [-0.25, -0.2) is 19.7 Å². The Hall–Kier alpha value is -3.74. The van der Waals surface area contributed by atoms with Crippen molar-refractivity contribution in [2.75, 3.05) is 51.3 Å². The van der Waals surface area contributed by atoms with Crippen molar-refractivity contribution in [2.45, 2.75) is 59.0 Å². The monoisotopic (exact) mass is 571 g/mol. The van der Waals surface area contributed by atoms with Crippen molar-refractivity contribution in [3.8, 4) is 0 Å². The lowest BCUT2D eigenvalue weighted by Crippen LogP contribution is -2.58. The molecular weight excluding hydrogens is 530 g/mol. The Labute approximate surface area is 240 Å². The molecule has 13 heteroatoms. The fourth-order valence-corrected chi connectivity index (χ4v) is 5.16. The van der Waals surface area contributed by atoms with E-state index >= 15 is 0 Å². The summed E-state index contributed by atoms with van der Waals surface area (Å²) in [5.74, 6) is 0.431. The third-order valence-electron chi connectivity index (χ3n) is 7.22. The first kappa shape index (κ1) is 30.2. The van der Waals surface area contributed by atoms with Gasteiger partial charge in [-0.15, -0.1) is 0 Å². The minimum Gasteiger partial charge on any atom is -0.465 e. The summed E-state index contributed by atoms with van der Waals surface area (Å²) in [6.45, 7) is 12.6. The number of nitrogens with one attached hydrogen (secondary N) is 1. The second-order valence-electron chi connectivity index (χ2n) is 12.0. The zero-order valence-electron chi connectivity index (χ0n) is 24.5. The van der Waals surface area contributed by atoms with Crippen molar-refractivity contribution in [2.24, 2.45) is 11.8 Å². The van der Waals surface area contributed by atoms with E-state index in [-0.39, 0.29) is 48.3 Å². The third-order valence-corrected chi connectivity index (χ3v) is 7.22. The molecule has 2 saturated heterocycles. The van der Waals surface area contributed by atoms with E-state index < -0.39 is 18.1 Å². The number of amides is 3. The van der Waals surface area contributed by atoms with Crippen LogP contribution in [-0.4, -0.2) is 105 Å². The standard InChI is InChI=1S/C28H41N7O6/c1-18(2)15-35(20-12-19(16-34(17-20)27(38)39)24(36)33-7-10-40-11-8-33)25(37)21-13-31-26(28(3,4)5)32-23(21)30-14-22-29-6-9-41-22/h6,9,13,18-20H,7-8,10-12,14-17H2,1-5H3,(H,38,39)(H,30,31,32)/t19-,20+/m1/s1. The number of rotatable bonds is 8. The van der Waals surface area contributed by atoms with Gasteiger partial charge in [-0.2, -0.15) is 0 Å². The number of morpholine rings is 1. The fraction of sp³-hybridized carbons (Fsp3) is 0.643. The number of likely N-dealkylation sites (tertiary alicyclic amines) is 1. The molecule has 0 bridgehead atoms. The van der Waals surface area contributed by atoms with Gasteiger partial charge in [0.25, 0.3) is 5.91 Å². The first-order valence-corrected chi connectivity index (χ1v) is 14.1. The first-order valence-electron chi connectivity index (χ1n) is 14.1. The van der Waals surface area contributed by atoms with Crippen LogP contribution in [0.25, 0.3) is 0 Å². The molecule has 2 fully saturated rings. The highest BCUT2D eigenvalue weighted by Gasteiger charge is 2.40. The van der Waals surface area contributed by atoms with Gasteiger partial charge in [0, 0.05) is 44.3 Å². The summed E-state index contributed by atoms with van der Waals surface area (Å²) in [7, 11) is 0. The van der Waals surface area contributed by atoms with E-state index in [1.807, 2.05) is 34.6 Å². The van der Waals surface area contributed by atoms with Crippen LogP contribution in [0, 0.1) is 11.8 Å². The van der Waals surface area contributed by atoms with E-state index in [1.165, 1.54) is 17.4 Å². The highest BCUT2D eigenvalue weighted by molar-refractivity contribution is 5.98. The topological polar surface area (TPSA) is 154 Å². The third kappa shape index (κ3) is 7.51. The van der Waals surface area contributed by atoms with Crippen LogP contribution in [0.1, 0.15) is 63.1 Å². The highest BCUT2D eigenvalue weighted by Crippen LogP contribution is 2.28. The zero-order chi connectivity index (χ0) is 29.7. The average Bonchev–Trinajstić information content (AvgIpc) is 3.47. The van der Waals surface area contributed by atoms with Crippen molar-refractivity contribution in [1.29, 1.82) is 0 Å². The van der Waals surface area contributed by atoms with Gasteiger partial charge in [-0.1, -0.05) is 34.6 Å². The van der Waals surface area contributed by atoms with Crippen LogP contribution >= 0.6 is 0 Å². The molecule has 0 unspecified atom stereocenters. The van der Waals surface area contributed by atoms with Gasteiger partial charge >= 0.3 is 6.09 Å². The summed E-state index contributed by atoms with van der Waals surface area (Å²) in [5.41, 5.74) is -0.106.